The highest BCUT2D eigenvalue weighted by atomic mass is 32.1. The maximum Gasteiger partial charge on any atom is 0.339 e. The van der Waals surface area contributed by atoms with Crippen LogP contribution < -0.4 is 5.32 Å². The average Bonchev–Trinajstić information content (AvgIpc) is 3.21. The van der Waals surface area contributed by atoms with Gasteiger partial charge in [0.1, 0.15) is 5.00 Å². The Morgan fingerprint density at radius 1 is 1.52 bits per heavy atom. The molecule has 0 aliphatic carbocycles. The van der Waals surface area contributed by atoms with E-state index >= 15 is 0 Å². The molecule has 0 bridgehead atoms. The van der Waals surface area contributed by atoms with Gasteiger partial charge in [-0.25, -0.2) is 4.79 Å². The molecule has 0 saturated carbocycles. The summed E-state index contributed by atoms with van der Waals surface area (Å²) in [7, 11) is 0. The molecule has 5 nitrogen and oxygen atoms in total. The number of aromatic carboxylic acids is 1. The van der Waals surface area contributed by atoms with E-state index in [0.29, 0.717) is 18.2 Å². The number of carbonyl (C=O) groups is 1. The molecule has 1 aliphatic rings. The van der Waals surface area contributed by atoms with Crippen molar-refractivity contribution in [1.82, 2.24) is 9.88 Å². The first-order valence-corrected chi connectivity index (χ1v) is 8.71. The lowest BCUT2D eigenvalue weighted by atomic mass is 10.1. The minimum absolute atomic E-state index is 0.305. The summed E-state index contributed by atoms with van der Waals surface area (Å²) in [5, 5.41) is 13.7. The fraction of sp³-hybridized carbons (Fsp3) is 0.471. The molecule has 1 aliphatic heterocycles. The second-order valence-corrected chi connectivity index (χ2v) is 7.11. The lowest BCUT2D eigenvalue weighted by Crippen LogP contribution is -2.26. The molecule has 1 fully saturated rings. The van der Waals surface area contributed by atoms with Crippen LogP contribution in [0.25, 0.3) is 5.00 Å². The molecule has 2 aromatic rings. The van der Waals surface area contributed by atoms with E-state index in [1.165, 1.54) is 11.3 Å². The lowest BCUT2D eigenvalue weighted by molar-refractivity contribution is 0.0696. The van der Waals surface area contributed by atoms with Crippen LogP contribution in [-0.2, 0) is 11.3 Å². The average molecular weight is 334 g/mol. The number of ether oxygens (including phenoxy) is 1. The normalized spacial score (nSPS) is 17.7. The second-order valence-electron chi connectivity index (χ2n) is 5.90. The van der Waals surface area contributed by atoms with Gasteiger partial charge in [0.25, 0.3) is 0 Å². The zero-order chi connectivity index (χ0) is 16.4. The SMILES string of the molecule is Cc1sc(-n2cccc2CNCC2CCCO2)c(C(=O)O)c1C. The number of carboxylic acid groups (broad SMARTS) is 1. The van der Waals surface area contributed by atoms with E-state index in [9.17, 15) is 9.90 Å². The highest BCUT2D eigenvalue weighted by Gasteiger charge is 2.21. The van der Waals surface area contributed by atoms with Gasteiger partial charge in [0.05, 0.1) is 11.7 Å². The molecule has 0 spiro atoms. The lowest BCUT2D eigenvalue weighted by Gasteiger charge is -2.13. The zero-order valence-corrected chi connectivity index (χ0v) is 14.3. The molecule has 2 aromatic heterocycles. The monoisotopic (exact) mass is 334 g/mol. The summed E-state index contributed by atoms with van der Waals surface area (Å²) in [5.41, 5.74) is 2.32. The number of carboxylic acids is 1. The van der Waals surface area contributed by atoms with Crippen molar-refractivity contribution in [2.75, 3.05) is 13.2 Å². The molecule has 23 heavy (non-hydrogen) atoms. The molecule has 3 heterocycles. The van der Waals surface area contributed by atoms with Crippen molar-refractivity contribution in [2.45, 2.75) is 39.3 Å². The maximum atomic E-state index is 11.6. The standard InChI is InChI=1S/C17H22N2O3S/c1-11-12(2)23-16(15(11)17(20)21)19-7-3-5-13(19)9-18-10-14-6-4-8-22-14/h3,5,7,14,18H,4,6,8-10H2,1-2H3,(H,20,21). The van der Waals surface area contributed by atoms with Crippen LogP contribution in [0.1, 0.15) is 39.3 Å². The van der Waals surface area contributed by atoms with Gasteiger partial charge in [-0.3, -0.25) is 0 Å². The summed E-state index contributed by atoms with van der Waals surface area (Å²) in [4.78, 5) is 12.7. The Morgan fingerprint density at radius 2 is 2.35 bits per heavy atom. The molecule has 6 heteroatoms. The molecule has 0 amide bonds. The number of rotatable bonds is 6. The topological polar surface area (TPSA) is 63.5 Å². The van der Waals surface area contributed by atoms with Gasteiger partial charge >= 0.3 is 5.97 Å². The molecule has 3 rings (SSSR count). The van der Waals surface area contributed by atoms with Gasteiger partial charge < -0.3 is 19.7 Å². The minimum Gasteiger partial charge on any atom is -0.478 e. The molecule has 1 saturated heterocycles. The summed E-state index contributed by atoms with van der Waals surface area (Å²) in [6.07, 6.45) is 4.48. The van der Waals surface area contributed by atoms with Crippen molar-refractivity contribution in [1.29, 1.82) is 0 Å². The second kappa shape index (κ2) is 6.86. The van der Waals surface area contributed by atoms with Crippen LogP contribution in [0.4, 0.5) is 0 Å². The third-order valence-corrected chi connectivity index (χ3v) is 5.54. The first-order chi connectivity index (χ1) is 11.1. The van der Waals surface area contributed by atoms with E-state index in [-0.39, 0.29) is 0 Å². The van der Waals surface area contributed by atoms with Gasteiger partial charge in [-0.1, -0.05) is 0 Å². The third-order valence-electron chi connectivity index (χ3n) is 4.33. The quantitative estimate of drug-likeness (QED) is 0.852. The van der Waals surface area contributed by atoms with Gasteiger partial charge in [0.15, 0.2) is 0 Å². The predicted octanol–water partition coefficient (Wildman–Crippen LogP) is 3.12. The molecule has 1 unspecified atom stereocenters. The Kier molecular flexibility index (Phi) is 4.84. The Balaban J connectivity index is 1.78. The molecule has 2 N–H and O–H groups in total. The van der Waals surface area contributed by atoms with E-state index in [4.69, 9.17) is 4.74 Å². The van der Waals surface area contributed by atoms with Crippen LogP contribution in [0, 0.1) is 13.8 Å². The zero-order valence-electron chi connectivity index (χ0n) is 13.5. The summed E-state index contributed by atoms with van der Waals surface area (Å²) >= 11 is 1.53. The summed E-state index contributed by atoms with van der Waals surface area (Å²) in [6.45, 7) is 6.23. The van der Waals surface area contributed by atoms with Crippen molar-refractivity contribution < 1.29 is 14.6 Å². The molecule has 0 radical (unpaired) electrons. The molecule has 1 atom stereocenters. The molecule has 124 valence electrons. The minimum atomic E-state index is -0.867. The van der Waals surface area contributed by atoms with Gasteiger partial charge in [-0.05, 0) is 44.4 Å². The first-order valence-electron chi connectivity index (χ1n) is 7.90. The van der Waals surface area contributed by atoms with Crippen LogP contribution in [0.15, 0.2) is 18.3 Å². The van der Waals surface area contributed by atoms with Crippen LogP contribution >= 0.6 is 11.3 Å². The predicted molar refractivity (Wildman–Crippen MR) is 90.8 cm³/mol. The summed E-state index contributed by atoms with van der Waals surface area (Å²) in [5.74, 6) is -0.867. The summed E-state index contributed by atoms with van der Waals surface area (Å²) in [6, 6.07) is 3.98. The van der Waals surface area contributed by atoms with E-state index < -0.39 is 5.97 Å². The fourth-order valence-corrected chi connectivity index (χ4v) is 4.12. The maximum absolute atomic E-state index is 11.6. The Bertz CT molecular complexity index is 699. The number of nitrogens with one attached hydrogen (secondary N) is 1. The van der Waals surface area contributed by atoms with E-state index in [2.05, 4.69) is 5.32 Å². The number of nitrogens with zero attached hydrogens (tertiary/aromatic N) is 1. The number of thiophene rings is 1. The Morgan fingerprint density at radius 3 is 3.04 bits per heavy atom. The Labute approximate surface area is 139 Å². The highest BCUT2D eigenvalue weighted by molar-refractivity contribution is 7.15. The van der Waals surface area contributed by atoms with E-state index in [1.807, 2.05) is 36.7 Å². The van der Waals surface area contributed by atoms with Crippen LogP contribution in [0.3, 0.4) is 0 Å². The van der Waals surface area contributed by atoms with Crippen molar-refractivity contribution in [3.05, 3.63) is 40.0 Å². The van der Waals surface area contributed by atoms with Gasteiger partial charge in [-0.2, -0.15) is 0 Å². The van der Waals surface area contributed by atoms with Crippen molar-refractivity contribution in [2.24, 2.45) is 0 Å². The van der Waals surface area contributed by atoms with Crippen LogP contribution in [0.5, 0.6) is 0 Å². The summed E-state index contributed by atoms with van der Waals surface area (Å²) < 4.78 is 7.59. The molecule has 0 aromatic carbocycles. The van der Waals surface area contributed by atoms with Crippen LogP contribution in [0.2, 0.25) is 0 Å². The number of hydrogen-bond acceptors (Lipinski definition) is 4. The van der Waals surface area contributed by atoms with Crippen molar-refractivity contribution in [3.63, 3.8) is 0 Å². The van der Waals surface area contributed by atoms with Gasteiger partial charge in [0, 0.05) is 36.5 Å². The number of hydrogen-bond donors (Lipinski definition) is 2. The fourth-order valence-electron chi connectivity index (χ4n) is 2.96. The van der Waals surface area contributed by atoms with Crippen LogP contribution in [-0.4, -0.2) is 34.9 Å². The number of aryl methyl sites for hydroxylation is 1. The highest BCUT2D eigenvalue weighted by Crippen LogP contribution is 2.32. The van der Waals surface area contributed by atoms with Crippen molar-refractivity contribution in [3.8, 4) is 5.00 Å². The molecular weight excluding hydrogens is 312 g/mol. The molecular formula is C17H22N2O3S. The van der Waals surface area contributed by atoms with Gasteiger partial charge in [-0.15, -0.1) is 11.3 Å². The third kappa shape index (κ3) is 3.34. The van der Waals surface area contributed by atoms with Crippen molar-refractivity contribution >= 4 is 17.3 Å². The smallest absolute Gasteiger partial charge is 0.339 e. The first kappa shape index (κ1) is 16.2. The largest absolute Gasteiger partial charge is 0.478 e. The van der Waals surface area contributed by atoms with E-state index in [0.717, 1.165) is 47.1 Å². The van der Waals surface area contributed by atoms with Gasteiger partial charge in [0.2, 0.25) is 0 Å². The number of aromatic nitrogens is 1. The Hall–Kier alpha value is -1.63. The van der Waals surface area contributed by atoms with E-state index in [1.54, 1.807) is 0 Å².